The maximum absolute atomic E-state index is 9.20. The number of aliphatic hydroxyl groups is 5. The van der Waals surface area contributed by atoms with Crippen LogP contribution < -0.4 is 0 Å². The van der Waals surface area contributed by atoms with Crippen LogP contribution in [0.4, 0.5) is 0 Å². The second-order valence-electron chi connectivity index (χ2n) is 2.99. The Kier molecular flexibility index (Phi) is 2.39. The van der Waals surface area contributed by atoms with Gasteiger partial charge < -0.3 is 30.3 Å². The molecule has 0 bridgehead atoms. The average Bonchev–Trinajstić information content (AvgIpc) is 1.97. The van der Waals surface area contributed by atoms with Crippen molar-refractivity contribution >= 4 is 0 Å². The monoisotopic (exact) mass is 180 g/mol. The highest BCUT2D eigenvalue weighted by atomic mass is 16.7. The van der Waals surface area contributed by atoms with Gasteiger partial charge in [-0.05, 0) is 6.92 Å². The Morgan fingerprint density at radius 1 is 1.08 bits per heavy atom. The van der Waals surface area contributed by atoms with Crippen molar-refractivity contribution < 1.29 is 30.3 Å². The third kappa shape index (κ3) is 1.45. The van der Waals surface area contributed by atoms with Gasteiger partial charge >= 0.3 is 0 Å². The van der Waals surface area contributed by atoms with Crippen LogP contribution in [0.5, 0.6) is 0 Å². The summed E-state index contributed by atoms with van der Waals surface area (Å²) >= 11 is 0. The normalized spacial score (nSPS) is 55.5. The molecule has 12 heavy (non-hydrogen) atoms. The van der Waals surface area contributed by atoms with Gasteiger partial charge in [0, 0.05) is 0 Å². The maximum Gasteiger partial charge on any atom is 0.194 e. The first-order valence-corrected chi connectivity index (χ1v) is 3.48. The molecule has 0 aromatic carbocycles. The molecular weight excluding hydrogens is 168 g/mol. The molecule has 72 valence electrons. The zero-order valence-corrected chi connectivity index (χ0v) is 6.45. The highest BCUT2D eigenvalue weighted by molar-refractivity contribution is 4.90. The lowest BCUT2D eigenvalue weighted by atomic mass is 9.97. The van der Waals surface area contributed by atoms with Gasteiger partial charge in [-0.1, -0.05) is 0 Å². The molecule has 6 heteroatoms. The molecule has 5 atom stereocenters. The third-order valence-corrected chi connectivity index (χ3v) is 1.87. The molecule has 1 saturated heterocycles. The first-order valence-electron chi connectivity index (χ1n) is 3.48. The van der Waals surface area contributed by atoms with E-state index in [1.165, 1.54) is 0 Å². The van der Waals surface area contributed by atoms with Gasteiger partial charge in [0.05, 0.1) is 0 Å². The van der Waals surface area contributed by atoms with Crippen molar-refractivity contribution in [1.29, 1.82) is 0 Å². The van der Waals surface area contributed by atoms with Gasteiger partial charge in [0.2, 0.25) is 0 Å². The van der Waals surface area contributed by atoms with Crippen molar-refractivity contribution in [3.63, 3.8) is 0 Å². The van der Waals surface area contributed by atoms with E-state index in [2.05, 4.69) is 4.74 Å². The molecule has 0 aromatic heterocycles. The van der Waals surface area contributed by atoms with Crippen LogP contribution in [0.2, 0.25) is 0 Å². The minimum absolute atomic E-state index is 1.08. The van der Waals surface area contributed by atoms with Crippen LogP contribution in [-0.4, -0.2) is 55.9 Å². The molecule has 1 aliphatic heterocycles. The number of hydrogen-bond acceptors (Lipinski definition) is 6. The summed E-state index contributed by atoms with van der Waals surface area (Å²) in [5, 5.41) is 45.2. The Bertz CT molecular complexity index is 169. The van der Waals surface area contributed by atoms with Crippen molar-refractivity contribution in [2.45, 2.75) is 37.3 Å². The van der Waals surface area contributed by atoms with Crippen molar-refractivity contribution in [1.82, 2.24) is 0 Å². The average molecular weight is 180 g/mol. The van der Waals surface area contributed by atoms with Crippen LogP contribution in [0.15, 0.2) is 0 Å². The molecule has 0 aliphatic carbocycles. The van der Waals surface area contributed by atoms with Crippen LogP contribution in [-0.2, 0) is 4.74 Å². The first-order chi connectivity index (χ1) is 5.36. The molecule has 0 radical (unpaired) electrons. The molecule has 1 heterocycles. The van der Waals surface area contributed by atoms with Gasteiger partial charge in [0.1, 0.15) is 18.3 Å². The second-order valence-corrected chi connectivity index (χ2v) is 2.99. The van der Waals surface area contributed by atoms with Gasteiger partial charge in [-0.15, -0.1) is 0 Å². The lowest BCUT2D eigenvalue weighted by molar-refractivity contribution is -0.376. The van der Waals surface area contributed by atoms with Gasteiger partial charge in [-0.3, -0.25) is 0 Å². The lowest BCUT2D eigenvalue weighted by Crippen LogP contribution is -2.63. The fourth-order valence-electron chi connectivity index (χ4n) is 1.06. The molecule has 1 aliphatic rings. The van der Waals surface area contributed by atoms with E-state index >= 15 is 0 Å². The van der Waals surface area contributed by atoms with Crippen LogP contribution in [0, 0.1) is 0 Å². The fraction of sp³-hybridized carbons (Fsp3) is 1.00. The van der Waals surface area contributed by atoms with E-state index in [1.54, 1.807) is 0 Å². The van der Waals surface area contributed by atoms with Crippen LogP contribution in [0.25, 0.3) is 0 Å². The minimum Gasteiger partial charge on any atom is -0.387 e. The summed E-state index contributed by atoms with van der Waals surface area (Å²) < 4.78 is 4.42. The second kappa shape index (κ2) is 2.91. The largest absolute Gasteiger partial charge is 0.387 e. The van der Waals surface area contributed by atoms with Crippen molar-refractivity contribution in [3.05, 3.63) is 0 Å². The summed E-state index contributed by atoms with van der Waals surface area (Å²) in [5.41, 5.74) is 0. The van der Waals surface area contributed by atoms with E-state index in [-0.39, 0.29) is 0 Å². The molecular formula is C6H12O6. The highest BCUT2D eigenvalue weighted by Crippen LogP contribution is 2.26. The standard InChI is InChI=1S/C6H12O6/c1-6(11)4(9)2(7)3(8)5(10)12-6/h2-5,7-11H,1H3/t2-,3+,4+,5?,6+/m1/s1. The van der Waals surface area contributed by atoms with E-state index in [0.717, 1.165) is 6.92 Å². The number of rotatable bonds is 0. The fourth-order valence-corrected chi connectivity index (χ4v) is 1.06. The summed E-state index contributed by atoms with van der Waals surface area (Å²) in [6, 6.07) is 0. The zero-order chi connectivity index (χ0) is 9.52. The molecule has 0 aromatic rings. The molecule has 5 N–H and O–H groups in total. The number of ether oxygens (including phenoxy) is 1. The molecule has 1 rings (SSSR count). The van der Waals surface area contributed by atoms with Crippen molar-refractivity contribution in [3.8, 4) is 0 Å². The summed E-state index contributed by atoms with van der Waals surface area (Å²) in [6.07, 6.45) is -6.57. The predicted molar refractivity (Wildman–Crippen MR) is 35.7 cm³/mol. The molecule has 1 unspecified atom stereocenters. The number of aliphatic hydroxyl groups excluding tert-OH is 4. The molecule has 6 nitrogen and oxygen atoms in total. The molecule has 0 amide bonds. The third-order valence-electron chi connectivity index (χ3n) is 1.87. The van der Waals surface area contributed by atoms with Gasteiger partial charge in [0.25, 0.3) is 0 Å². The molecule has 0 spiro atoms. The summed E-state index contributed by atoms with van der Waals surface area (Å²) in [4.78, 5) is 0. The number of hydrogen-bond donors (Lipinski definition) is 5. The van der Waals surface area contributed by atoms with Crippen LogP contribution in [0.1, 0.15) is 6.92 Å². The molecule has 0 saturated carbocycles. The van der Waals surface area contributed by atoms with Crippen molar-refractivity contribution in [2.24, 2.45) is 0 Å². The minimum atomic E-state index is -2.04. The maximum atomic E-state index is 9.20. The summed E-state index contributed by atoms with van der Waals surface area (Å²) in [7, 11) is 0. The predicted octanol–water partition coefficient (Wildman–Crippen LogP) is -2.87. The van der Waals surface area contributed by atoms with E-state index < -0.39 is 30.4 Å². The first kappa shape index (κ1) is 9.85. The lowest BCUT2D eigenvalue weighted by Gasteiger charge is -2.41. The SMILES string of the molecule is C[C@]1(O)OC(O)[C@@H](O)[C@@H](O)[C@@H]1O. The Labute approximate surface area is 68.6 Å². The Hall–Kier alpha value is -0.240. The molecule has 1 fully saturated rings. The Morgan fingerprint density at radius 2 is 1.58 bits per heavy atom. The quantitative estimate of drug-likeness (QED) is 0.274. The zero-order valence-electron chi connectivity index (χ0n) is 6.45. The van der Waals surface area contributed by atoms with Crippen molar-refractivity contribution in [2.75, 3.05) is 0 Å². The van der Waals surface area contributed by atoms with E-state index in [0.29, 0.717) is 0 Å². The smallest absolute Gasteiger partial charge is 0.194 e. The topological polar surface area (TPSA) is 110 Å². The summed E-state index contributed by atoms with van der Waals surface area (Å²) in [6.45, 7) is 1.08. The van der Waals surface area contributed by atoms with Gasteiger partial charge in [-0.25, -0.2) is 0 Å². The van der Waals surface area contributed by atoms with Gasteiger partial charge in [-0.2, -0.15) is 0 Å². The highest BCUT2D eigenvalue weighted by Gasteiger charge is 2.49. The Balaban J connectivity index is 2.78. The van der Waals surface area contributed by atoms with Crippen LogP contribution in [0.3, 0.4) is 0 Å². The van der Waals surface area contributed by atoms with Gasteiger partial charge in [0.15, 0.2) is 12.1 Å². The van der Waals surface area contributed by atoms with E-state index in [4.69, 9.17) is 20.4 Å². The van der Waals surface area contributed by atoms with E-state index in [1.807, 2.05) is 0 Å². The summed E-state index contributed by atoms with van der Waals surface area (Å²) in [5.74, 6) is -2.04. The van der Waals surface area contributed by atoms with E-state index in [9.17, 15) is 5.11 Å². The Morgan fingerprint density at radius 3 is 2.08 bits per heavy atom. The van der Waals surface area contributed by atoms with Crippen LogP contribution >= 0.6 is 0 Å².